The molecule has 0 aliphatic carbocycles. The molecule has 0 saturated heterocycles. The summed E-state index contributed by atoms with van der Waals surface area (Å²) >= 11 is 0. The lowest BCUT2D eigenvalue weighted by Gasteiger charge is -2.10. The number of benzene rings is 4. The van der Waals surface area contributed by atoms with E-state index in [4.69, 9.17) is 18.9 Å². The summed E-state index contributed by atoms with van der Waals surface area (Å²) in [5.41, 5.74) is 1.14. The van der Waals surface area contributed by atoms with E-state index in [2.05, 4.69) is 0 Å². The molecule has 14 heteroatoms. The maximum absolute atomic E-state index is 12.1. The van der Waals surface area contributed by atoms with Gasteiger partial charge in [0.2, 0.25) is 0 Å². The van der Waals surface area contributed by atoms with Gasteiger partial charge in [-0.05, 0) is 46.5 Å². The van der Waals surface area contributed by atoms with Gasteiger partial charge in [0.05, 0.1) is 0 Å². The number of rotatable bonds is 10. The highest BCUT2D eigenvalue weighted by molar-refractivity contribution is 7.86. The van der Waals surface area contributed by atoms with Crippen molar-refractivity contribution in [1.29, 1.82) is 0 Å². The van der Waals surface area contributed by atoms with Gasteiger partial charge in [0, 0.05) is 12.1 Å². The second kappa shape index (κ2) is 14.0. The number of ether oxygens (including phenoxy) is 4. The molecule has 4 rings (SSSR count). The average molecular weight is 641 g/mol. The third-order valence-electron chi connectivity index (χ3n) is 5.77. The van der Waals surface area contributed by atoms with Crippen molar-refractivity contribution in [3.05, 3.63) is 119 Å². The standard InChI is InChI=1S/C30H24O12S2/c31-29(39-19-21-7-3-1-4-8-21)41-25-15-13-23(27(17-25)43(33,34)35)11-12-24-14-16-26(18-28(24)44(36,37)38)42-30(32)40-20-22-9-5-2-6-10-22/h1-18H,19-20H2,(H,33,34,35)(H,36,37,38). The van der Waals surface area contributed by atoms with Gasteiger partial charge in [-0.1, -0.05) is 72.8 Å². The highest BCUT2D eigenvalue weighted by atomic mass is 32.2. The monoisotopic (exact) mass is 640 g/mol. The minimum atomic E-state index is -4.86. The van der Waals surface area contributed by atoms with Crippen molar-refractivity contribution in [2.24, 2.45) is 0 Å². The minimum Gasteiger partial charge on any atom is -0.429 e. The van der Waals surface area contributed by atoms with E-state index in [0.717, 1.165) is 24.3 Å². The quantitative estimate of drug-likeness (QED) is 0.0924. The van der Waals surface area contributed by atoms with Crippen LogP contribution in [-0.4, -0.2) is 38.3 Å². The zero-order valence-corrected chi connectivity index (χ0v) is 24.2. The molecule has 2 N–H and O–H groups in total. The molecule has 44 heavy (non-hydrogen) atoms. The van der Waals surface area contributed by atoms with Crippen molar-refractivity contribution >= 4 is 44.7 Å². The van der Waals surface area contributed by atoms with Gasteiger partial charge in [0.1, 0.15) is 34.5 Å². The van der Waals surface area contributed by atoms with E-state index in [1.165, 1.54) is 24.3 Å². The van der Waals surface area contributed by atoms with Crippen molar-refractivity contribution in [2.45, 2.75) is 23.0 Å². The van der Waals surface area contributed by atoms with Crippen molar-refractivity contribution in [2.75, 3.05) is 0 Å². The molecule has 0 bridgehead atoms. The summed E-state index contributed by atoms with van der Waals surface area (Å²) in [5, 5.41) is 0. The van der Waals surface area contributed by atoms with Crippen LogP contribution in [0.3, 0.4) is 0 Å². The van der Waals surface area contributed by atoms with Crippen molar-refractivity contribution in [3.63, 3.8) is 0 Å². The molecule has 0 spiro atoms. The molecule has 12 nitrogen and oxygen atoms in total. The molecular formula is C30H24O12S2. The van der Waals surface area contributed by atoms with Gasteiger partial charge in [-0.25, -0.2) is 9.59 Å². The van der Waals surface area contributed by atoms with Gasteiger partial charge >= 0.3 is 12.3 Å². The summed E-state index contributed by atoms with van der Waals surface area (Å²) in [4.78, 5) is 22.8. The van der Waals surface area contributed by atoms with Crippen LogP contribution in [0.4, 0.5) is 9.59 Å². The van der Waals surface area contributed by atoms with Gasteiger partial charge in [-0.15, -0.1) is 0 Å². The summed E-state index contributed by atoms with van der Waals surface area (Å²) in [6.07, 6.45) is 0.0309. The minimum absolute atomic E-state index is 0.0968. The molecule has 0 radical (unpaired) electrons. The number of hydrogen-bond donors (Lipinski definition) is 2. The fraction of sp³-hybridized carbons (Fsp3) is 0.0667. The van der Waals surface area contributed by atoms with Crippen LogP contribution in [0.1, 0.15) is 22.3 Å². The largest absolute Gasteiger partial charge is 0.514 e. The lowest BCUT2D eigenvalue weighted by Crippen LogP contribution is -2.11. The molecular weight excluding hydrogens is 616 g/mol. The second-order valence-corrected chi connectivity index (χ2v) is 11.7. The van der Waals surface area contributed by atoms with E-state index in [0.29, 0.717) is 11.1 Å². The molecule has 0 aromatic heterocycles. The van der Waals surface area contributed by atoms with Crippen LogP contribution in [0.15, 0.2) is 107 Å². The lowest BCUT2D eigenvalue weighted by molar-refractivity contribution is 0.0917. The zero-order valence-electron chi connectivity index (χ0n) is 22.6. The van der Waals surface area contributed by atoms with E-state index in [1.807, 2.05) is 0 Å². The Balaban J connectivity index is 1.51. The van der Waals surface area contributed by atoms with Crippen LogP contribution >= 0.6 is 0 Å². The number of hydrogen-bond acceptors (Lipinski definition) is 10. The van der Waals surface area contributed by atoms with E-state index >= 15 is 0 Å². The summed E-state index contributed by atoms with van der Waals surface area (Å²) in [7, 11) is -9.72. The smallest absolute Gasteiger partial charge is 0.429 e. The van der Waals surface area contributed by atoms with Crippen molar-refractivity contribution in [3.8, 4) is 11.5 Å². The van der Waals surface area contributed by atoms with Crippen LogP contribution in [-0.2, 0) is 42.9 Å². The van der Waals surface area contributed by atoms with E-state index in [9.17, 15) is 35.5 Å². The van der Waals surface area contributed by atoms with E-state index < -0.39 is 42.3 Å². The Morgan fingerprint density at radius 2 is 0.932 bits per heavy atom. The van der Waals surface area contributed by atoms with Crippen LogP contribution < -0.4 is 9.47 Å². The van der Waals surface area contributed by atoms with E-state index in [-0.39, 0.29) is 35.8 Å². The molecule has 0 fully saturated rings. The molecule has 0 atom stereocenters. The Labute approximate surface area is 252 Å². The Bertz CT molecular complexity index is 1750. The van der Waals surface area contributed by atoms with Gasteiger partial charge in [-0.2, -0.15) is 16.8 Å². The topological polar surface area (TPSA) is 180 Å². The normalized spacial score (nSPS) is 11.6. The van der Waals surface area contributed by atoms with Crippen molar-refractivity contribution < 1.29 is 54.5 Å². The number of carbonyl (C=O) groups excluding carboxylic acids is 2. The fourth-order valence-corrected chi connectivity index (χ4v) is 5.14. The predicted molar refractivity (Wildman–Crippen MR) is 156 cm³/mol. The third kappa shape index (κ3) is 9.24. The average Bonchev–Trinajstić information content (AvgIpc) is 2.99. The number of carbonyl (C=O) groups is 2. The summed E-state index contributed by atoms with van der Waals surface area (Å²) in [6, 6.07) is 24.0. The Morgan fingerprint density at radius 1 is 0.568 bits per heavy atom. The molecule has 0 aliphatic rings. The molecule has 0 unspecified atom stereocenters. The molecule has 0 amide bonds. The summed E-state index contributed by atoms with van der Waals surface area (Å²) in [6.45, 7) is -0.194. The first-order valence-electron chi connectivity index (χ1n) is 12.6. The third-order valence-corrected chi connectivity index (χ3v) is 7.59. The second-order valence-electron chi connectivity index (χ2n) is 8.94. The molecule has 4 aromatic carbocycles. The maximum Gasteiger partial charge on any atom is 0.514 e. The first kappa shape index (κ1) is 31.9. The Hall–Kier alpha value is -5.02. The highest BCUT2D eigenvalue weighted by Gasteiger charge is 2.20. The van der Waals surface area contributed by atoms with Crippen LogP contribution in [0, 0.1) is 0 Å². The Morgan fingerprint density at radius 3 is 1.27 bits per heavy atom. The first-order valence-corrected chi connectivity index (χ1v) is 15.4. The fourth-order valence-electron chi connectivity index (χ4n) is 3.74. The van der Waals surface area contributed by atoms with E-state index in [1.54, 1.807) is 60.7 Å². The lowest BCUT2D eigenvalue weighted by atomic mass is 10.1. The van der Waals surface area contributed by atoms with Crippen LogP contribution in [0.25, 0.3) is 12.2 Å². The SMILES string of the molecule is O=C(OCc1ccccc1)Oc1ccc(C=Cc2ccc(OC(=O)OCc3ccccc3)cc2S(=O)(=O)O)c(S(=O)(=O)O)c1. The summed E-state index contributed by atoms with van der Waals surface area (Å²) < 4.78 is 87.9. The van der Waals surface area contributed by atoms with Gasteiger partial charge in [-0.3, -0.25) is 9.11 Å². The molecule has 0 aliphatic heterocycles. The van der Waals surface area contributed by atoms with Gasteiger partial charge < -0.3 is 18.9 Å². The van der Waals surface area contributed by atoms with Crippen molar-refractivity contribution in [1.82, 2.24) is 0 Å². The van der Waals surface area contributed by atoms with Crippen LogP contribution in [0.5, 0.6) is 11.5 Å². The molecule has 0 saturated carbocycles. The van der Waals surface area contributed by atoms with Gasteiger partial charge in [0.25, 0.3) is 20.2 Å². The predicted octanol–water partition coefficient (Wildman–Crippen LogP) is 5.78. The van der Waals surface area contributed by atoms with Crippen LogP contribution in [0.2, 0.25) is 0 Å². The Kier molecular flexibility index (Phi) is 10.1. The molecule has 228 valence electrons. The maximum atomic E-state index is 12.1. The molecule has 0 heterocycles. The first-order chi connectivity index (χ1) is 20.9. The molecule has 4 aromatic rings. The zero-order chi connectivity index (χ0) is 31.7. The summed E-state index contributed by atoms with van der Waals surface area (Å²) in [5.74, 6) is -0.515. The highest BCUT2D eigenvalue weighted by Crippen LogP contribution is 2.28. The van der Waals surface area contributed by atoms with Gasteiger partial charge in [0.15, 0.2) is 0 Å².